The summed E-state index contributed by atoms with van der Waals surface area (Å²) in [6.07, 6.45) is 0. The highest BCUT2D eigenvalue weighted by Gasteiger charge is 2.61. The third kappa shape index (κ3) is 4.22. The Balaban J connectivity index is 1.48. The largest absolute Gasteiger partial charge is 0.286 e. The molecule has 0 saturated carbocycles. The van der Waals surface area contributed by atoms with Crippen LogP contribution in [-0.4, -0.2) is 10.8 Å². The molecule has 3 nitrogen and oxygen atoms in total. The van der Waals surface area contributed by atoms with Crippen molar-refractivity contribution in [2.75, 3.05) is 5.01 Å². The van der Waals surface area contributed by atoms with Crippen molar-refractivity contribution in [1.29, 1.82) is 0 Å². The summed E-state index contributed by atoms with van der Waals surface area (Å²) in [6.45, 7) is 6.34. The molecule has 7 rings (SSSR count). The molecule has 206 valence electrons. The van der Waals surface area contributed by atoms with Crippen LogP contribution in [0.4, 0.5) is 5.69 Å². The standard InChI is InChI=1S/C37H30N2OS2/c1-25-13-19-29(20-14-25)36(30-21-15-26(2)16-22-30)32-11-7-8-12-33(32)37(42-36)39(31-23-17-27(3)18-24-31)38-35(41-37)34(40)28-9-5-4-6-10-28/h4-24H,1-3H3/t37-/m0/s1. The molecule has 0 fully saturated rings. The zero-order valence-electron chi connectivity index (χ0n) is 23.7. The molecule has 0 radical (unpaired) electrons. The van der Waals surface area contributed by atoms with Gasteiger partial charge in [0.25, 0.3) is 0 Å². The summed E-state index contributed by atoms with van der Waals surface area (Å²) in [5.74, 6) is -0.0594. The van der Waals surface area contributed by atoms with Crippen LogP contribution in [0, 0.1) is 20.8 Å². The molecule has 2 heterocycles. The van der Waals surface area contributed by atoms with Crippen LogP contribution in [0.5, 0.6) is 0 Å². The lowest BCUT2D eigenvalue weighted by Crippen LogP contribution is -2.34. The van der Waals surface area contributed by atoms with Crippen molar-refractivity contribution in [1.82, 2.24) is 0 Å². The van der Waals surface area contributed by atoms with E-state index in [0.717, 1.165) is 11.3 Å². The van der Waals surface area contributed by atoms with Crippen LogP contribution in [0.25, 0.3) is 0 Å². The molecule has 42 heavy (non-hydrogen) atoms. The second-order valence-electron chi connectivity index (χ2n) is 11.0. The van der Waals surface area contributed by atoms with Gasteiger partial charge in [0, 0.05) is 11.1 Å². The van der Waals surface area contributed by atoms with Crippen molar-refractivity contribution in [3.8, 4) is 0 Å². The number of ketones is 1. The summed E-state index contributed by atoms with van der Waals surface area (Å²) in [6, 6.07) is 44.4. The number of thioether (sulfide) groups is 2. The minimum absolute atomic E-state index is 0.0594. The van der Waals surface area contributed by atoms with Crippen LogP contribution in [0.3, 0.4) is 0 Å². The topological polar surface area (TPSA) is 32.7 Å². The van der Waals surface area contributed by atoms with Crippen LogP contribution in [0.15, 0.2) is 132 Å². The molecular formula is C37H30N2OS2. The van der Waals surface area contributed by atoms with Gasteiger partial charge in [0.05, 0.1) is 10.4 Å². The van der Waals surface area contributed by atoms with Crippen LogP contribution >= 0.6 is 23.5 Å². The van der Waals surface area contributed by atoms with Crippen LogP contribution < -0.4 is 5.01 Å². The Kier molecular flexibility index (Phi) is 6.60. The van der Waals surface area contributed by atoms with E-state index in [4.69, 9.17) is 5.10 Å². The summed E-state index contributed by atoms with van der Waals surface area (Å²) in [5.41, 5.74) is 10.0. The van der Waals surface area contributed by atoms with Crippen molar-refractivity contribution in [3.05, 3.63) is 172 Å². The summed E-state index contributed by atoms with van der Waals surface area (Å²) >= 11 is 3.42. The Morgan fingerprint density at radius 2 is 1.12 bits per heavy atom. The number of carbonyl (C=O) groups is 1. The van der Waals surface area contributed by atoms with E-state index in [2.05, 4.69) is 123 Å². The van der Waals surface area contributed by atoms with Gasteiger partial charge >= 0.3 is 0 Å². The zero-order chi connectivity index (χ0) is 28.9. The van der Waals surface area contributed by atoms with E-state index in [-0.39, 0.29) is 5.78 Å². The monoisotopic (exact) mass is 582 g/mol. The van der Waals surface area contributed by atoms with Crippen molar-refractivity contribution in [2.45, 2.75) is 29.7 Å². The number of hydrogen-bond acceptors (Lipinski definition) is 5. The van der Waals surface area contributed by atoms with Crippen molar-refractivity contribution in [2.24, 2.45) is 5.10 Å². The highest BCUT2D eigenvalue weighted by Crippen LogP contribution is 2.71. The fraction of sp³-hybridized carbons (Fsp3) is 0.135. The van der Waals surface area contributed by atoms with Crippen molar-refractivity contribution in [3.63, 3.8) is 0 Å². The number of rotatable bonds is 5. The molecule has 0 aliphatic carbocycles. The maximum absolute atomic E-state index is 13.9. The van der Waals surface area contributed by atoms with Gasteiger partial charge in [0.2, 0.25) is 5.78 Å². The zero-order valence-corrected chi connectivity index (χ0v) is 25.4. The number of aryl methyl sites for hydroxylation is 3. The highest BCUT2D eigenvalue weighted by atomic mass is 32.2. The molecule has 1 atom stereocenters. The highest BCUT2D eigenvalue weighted by molar-refractivity contribution is 8.27. The Morgan fingerprint density at radius 1 is 0.619 bits per heavy atom. The Morgan fingerprint density at radius 3 is 1.69 bits per heavy atom. The summed E-state index contributed by atoms with van der Waals surface area (Å²) in [7, 11) is 0. The van der Waals surface area contributed by atoms with Gasteiger partial charge in [-0.25, -0.2) is 5.01 Å². The quantitative estimate of drug-likeness (QED) is 0.193. The van der Waals surface area contributed by atoms with Gasteiger partial charge in [0.15, 0.2) is 9.25 Å². The van der Waals surface area contributed by atoms with E-state index < -0.39 is 8.95 Å². The fourth-order valence-electron chi connectivity index (χ4n) is 5.86. The molecule has 5 aromatic carbocycles. The number of benzene rings is 5. The molecule has 0 bridgehead atoms. The molecule has 1 spiro atoms. The summed E-state index contributed by atoms with van der Waals surface area (Å²) < 4.78 is -1.23. The number of hydrazone groups is 1. The van der Waals surface area contributed by atoms with Crippen LogP contribution in [0.2, 0.25) is 0 Å². The van der Waals surface area contributed by atoms with Crippen LogP contribution in [-0.2, 0) is 8.95 Å². The lowest BCUT2D eigenvalue weighted by molar-refractivity contribution is 0.106. The van der Waals surface area contributed by atoms with E-state index >= 15 is 0 Å². The number of Topliss-reactive ketones (excluding diaryl/α,β-unsaturated/α-hetero) is 1. The molecule has 0 amide bonds. The molecule has 2 aliphatic rings. The minimum Gasteiger partial charge on any atom is -0.286 e. The SMILES string of the molecule is Cc1ccc(N2N=C(C(=O)c3ccccc3)S[C@@]23SC(c2ccc(C)cc2)(c2ccc(C)cc2)c2ccccc23)cc1. The fourth-order valence-corrected chi connectivity index (χ4v) is 9.48. The molecule has 0 N–H and O–H groups in total. The maximum Gasteiger partial charge on any atom is 0.219 e. The third-order valence-corrected chi connectivity index (χ3v) is 11.4. The predicted molar refractivity (Wildman–Crippen MR) is 177 cm³/mol. The number of hydrogen-bond donors (Lipinski definition) is 0. The summed E-state index contributed by atoms with van der Waals surface area (Å²) in [4.78, 5) is 13.9. The number of anilines is 1. The average molecular weight is 583 g/mol. The molecule has 5 aromatic rings. The summed E-state index contributed by atoms with van der Waals surface area (Å²) in [5, 5.41) is 7.70. The molecule has 5 heteroatoms. The first-order chi connectivity index (χ1) is 20.4. The second kappa shape index (κ2) is 10.3. The van der Waals surface area contributed by atoms with E-state index in [0.29, 0.717) is 10.6 Å². The van der Waals surface area contributed by atoms with Gasteiger partial charge in [-0.2, -0.15) is 5.10 Å². The molecule has 0 saturated heterocycles. The van der Waals surface area contributed by atoms with E-state index in [1.54, 1.807) is 11.8 Å². The maximum atomic E-state index is 13.9. The molecular weight excluding hydrogens is 553 g/mol. The van der Waals surface area contributed by atoms with Crippen LogP contribution in [0.1, 0.15) is 49.3 Å². The van der Waals surface area contributed by atoms with Gasteiger partial charge in [-0.05, 0) is 49.6 Å². The van der Waals surface area contributed by atoms with E-state index in [1.165, 1.54) is 33.4 Å². The average Bonchev–Trinajstić information content (AvgIpc) is 3.55. The van der Waals surface area contributed by atoms with Gasteiger partial charge in [-0.15, -0.1) is 0 Å². The van der Waals surface area contributed by atoms with Crippen molar-refractivity contribution >= 4 is 40.0 Å². The minimum atomic E-state index is -0.707. The van der Waals surface area contributed by atoms with Gasteiger partial charge < -0.3 is 0 Å². The van der Waals surface area contributed by atoms with Gasteiger partial charge in [-0.3, -0.25) is 4.79 Å². The Hall–Kier alpha value is -4.06. The lowest BCUT2D eigenvalue weighted by atomic mass is 9.81. The normalized spacial score (nSPS) is 18.6. The van der Waals surface area contributed by atoms with E-state index in [9.17, 15) is 4.79 Å². The molecule has 2 aliphatic heterocycles. The number of nitrogens with zero attached hydrogens (tertiary/aromatic N) is 2. The predicted octanol–water partition coefficient (Wildman–Crippen LogP) is 9.21. The lowest BCUT2D eigenvalue weighted by Gasteiger charge is -2.37. The van der Waals surface area contributed by atoms with Gasteiger partial charge in [0.1, 0.15) is 0 Å². The van der Waals surface area contributed by atoms with Gasteiger partial charge in [-0.1, -0.05) is 155 Å². The third-order valence-electron chi connectivity index (χ3n) is 8.07. The Bertz CT molecular complexity index is 1770. The second-order valence-corrected chi connectivity index (χ2v) is 13.8. The molecule has 0 aromatic heterocycles. The number of fused-ring (bicyclic) bond motifs is 2. The first-order valence-electron chi connectivity index (χ1n) is 14.1. The van der Waals surface area contributed by atoms with E-state index in [1.807, 2.05) is 42.1 Å². The first kappa shape index (κ1) is 26.8. The van der Waals surface area contributed by atoms with Crippen molar-refractivity contribution < 1.29 is 4.79 Å². The number of carbonyl (C=O) groups excluding carboxylic acids is 1. The Labute approximate surface area is 255 Å². The first-order valence-corrected chi connectivity index (χ1v) is 15.7. The smallest absolute Gasteiger partial charge is 0.219 e. The molecule has 0 unspecified atom stereocenters.